The number of alkyl halides is 3. The zero-order valence-electron chi connectivity index (χ0n) is 10.3. The van der Waals surface area contributed by atoms with Crippen molar-refractivity contribution in [2.24, 2.45) is 0 Å². The van der Waals surface area contributed by atoms with Gasteiger partial charge in [-0.1, -0.05) is 23.9 Å². The van der Waals surface area contributed by atoms with Crippen molar-refractivity contribution in [3.05, 3.63) is 52.1 Å². The number of thioether (sulfide) groups is 1. The number of hydrogen-bond acceptors (Lipinski definition) is 2. The number of halogens is 3. The highest BCUT2D eigenvalue weighted by atomic mass is 32.2. The van der Waals surface area contributed by atoms with Gasteiger partial charge in [0, 0.05) is 21.9 Å². The van der Waals surface area contributed by atoms with E-state index in [2.05, 4.69) is 5.32 Å². The Hall–Kier alpha value is -1.69. The maximum absolute atomic E-state index is 12.8. The number of hydrogen-bond donors (Lipinski definition) is 1. The molecule has 0 aromatic heterocycles. The Balaban J connectivity index is 2.05. The molecule has 2 nitrogen and oxygen atoms in total. The second-order valence-electron chi connectivity index (χ2n) is 4.55. The second kappa shape index (κ2) is 4.70. The van der Waals surface area contributed by atoms with Gasteiger partial charge in [0.25, 0.3) is 5.91 Å². The molecule has 1 aromatic rings. The third-order valence-electron chi connectivity index (χ3n) is 3.18. The van der Waals surface area contributed by atoms with E-state index < -0.39 is 11.7 Å². The van der Waals surface area contributed by atoms with E-state index in [4.69, 9.17) is 0 Å². The van der Waals surface area contributed by atoms with Gasteiger partial charge in [0.1, 0.15) is 0 Å². The molecule has 0 spiro atoms. The van der Waals surface area contributed by atoms with Crippen LogP contribution in [0, 0.1) is 0 Å². The largest absolute Gasteiger partial charge is 0.416 e. The summed E-state index contributed by atoms with van der Waals surface area (Å²) in [4.78, 5) is 13.3. The van der Waals surface area contributed by atoms with Crippen LogP contribution in [0.3, 0.4) is 0 Å². The Kier molecular flexibility index (Phi) is 3.12. The van der Waals surface area contributed by atoms with E-state index in [9.17, 15) is 18.0 Å². The van der Waals surface area contributed by atoms with Crippen molar-refractivity contribution in [3.63, 3.8) is 0 Å². The van der Waals surface area contributed by atoms with E-state index >= 15 is 0 Å². The minimum Gasteiger partial charge on any atom is -0.325 e. The molecular formula is C14H10F3NOS. The second-order valence-corrected chi connectivity index (χ2v) is 5.68. The predicted molar refractivity (Wildman–Crippen MR) is 70.2 cm³/mol. The summed E-state index contributed by atoms with van der Waals surface area (Å²) in [6.45, 7) is 0. The molecule has 1 aliphatic heterocycles. The van der Waals surface area contributed by atoms with Gasteiger partial charge in [-0.15, -0.1) is 0 Å². The molecular weight excluding hydrogens is 287 g/mol. The van der Waals surface area contributed by atoms with Crippen molar-refractivity contribution in [1.29, 1.82) is 0 Å². The fraction of sp³-hybridized carbons (Fsp3) is 0.214. The predicted octanol–water partition coefficient (Wildman–Crippen LogP) is 4.10. The van der Waals surface area contributed by atoms with Crippen molar-refractivity contribution < 1.29 is 18.0 Å². The van der Waals surface area contributed by atoms with Gasteiger partial charge in [0.2, 0.25) is 0 Å². The SMILES string of the molecule is O=C1NC2=C(CC=CC2)Sc2cc(C(F)(F)F)ccc21. The minimum atomic E-state index is -4.40. The van der Waals surface area contributed by atoms with Crippen molar-refractivity contribution in [2.45, 2.75) is 23.9 Å². The molecule has 104 valence electrons. The Labute approximate surface area is 117 Å². The summed E-state index contributed by atoms with van der Waals surface area (Å²) in [6, 6.07) is 3.24. The number of allylic oxidation sites excluding steroid dienone is 3. The molecule has 0 atom stereocenters. The first-order chi connectivity index (χ1) is 9.45. The molecule has 1 N–H and O–H groups in total. The smallest absolute Gasteiger partial charge is 0.325 e. The summed E-state index contributed by atoms with van der Waals surface area (Å²) in [7, 11) is 0. The van der Waals surface area contributed by atoms with Gasteiger partial charge in [-0.25, -0.2) is 0 Å². The molecule has 1 aliphatic carbocycles. The van der Waals surface area contributed by atoms with E-state index in [1.807, 2.05) is 12.2 Å². The fourth-order valence-corrected chi connectivity index (χ4v) is 3.32. The fourth-order valence-electron chi connectivity index (χ4n) is 2.16. The molecule has 20 heavy (non-hydrogen) atoms. The number of nitrogens with one attached hydrogen (secondary N) is 1. The summed E-state index contributed by atoms with van der Waals surface area (Å²) in [6.07, 6.45) is 0.736. The molecule has 0 bridgehead atoms. The van der Waals surface area contributed by atoms with Crippen LogP contribution in [0.4, 0.5) is 13.2 Å². The zero-order chi connectivity index (χ0) is 14.3. The van der Waals surface area contributed by atoms with E-state index in [1.54, 1.807) is 0 Å². The Bertz CT molecular complexity index is 646. The van der Waals surface area contributed by atoms with Gasteiger partial charge in [-0.05, 0) is 24.6 Å². The van der Waals surface area contributed by atoms with Crippen molar-refractivity contribution in [3.8, 4) is 0 Å². The number of amides is 1. The highest BCUT2D eigenvalue weighted by molar-refractivity contribution is 8.03. The molecule has 6 heteroatoms. The summed E-state index contributed by atoms with van der Waals surface area (Å²) in [5.74, 6) is -0.346. The zero-order valence-corrected chi connectivity index (χ0v) is 11.1. The number of carbonyl (C=O) groups is 1. The van der Waals surface area contributed by atoms with E-state index in [1.165, 1.54) is 17.8 Å². The van der Waals surface area contributed by atoms with Crippen LogP contribution >= 0.6 is 11.8 Å². The van der Waals surface area contributed by atoms with Crippen molar-refractivity contribution >= 4 is 17.7 Å². The lowest BCUT2D eigenvalue weighted by Gasteiger charge is -2.13. The van der Waals surface area contributed by atoms with Gasteiger partial charge < -0.3 is 5.32 Å². The Morgan fingerprint density at radius 3 is 2.65 bits per heavy atom. The van der Waals surface area contributed by atoms with Crippen molar-refractivity contribution in [1.82, 2.24) is 5.32 Å². The van der Waals surface area contributed by atoms with Crippen LogP contribution in [0.1, 0.15) is 28.8 Å². The third-order valence-corrected chi connectivity index (χ3v) is 4.40. The van der Waals surface area contributed by atoms with Crippen LogP contribution in [0.15, 0.2) is 45.8 Å². The Morgan fingerprint density at radius 1 is 1.15 bits per heavy atom. The molecule has 1 aromatic carbocycles. The number of fused-ring (bicyclic) bond motifs is 1. The highest BCUT2D eigenvalue weighted by Gasteiger charge is 2.32. The first-order valence-corrected chi connectivity index (χ1v) is 6.84. The van der Waals surface area contributed by atoms with Crippen LogP contribution in [-0.4, -0.2) is 5.91 Å². The van der Waals surface area contributed by atoms with Gasteiger partial charge in [-0.3, -0.25) is 4.79 Å². The summed E-state index contributed by atoms with van der Waals surface area (Å²) in [5, 5.41) is 2.78. The van der Waals surface area contributed by atoms with E-state index in [-0.39, 0.29) is 11.5 Å². The lowest BCUT2D eigenvalue weighted by atomic mass is 10.1. The normalized spacial score (nSPS) is 18.2. The monoisotopic (exact) mass is 297 g/mol. The molecule has 3 rings (SSSR count). The summed E-state index contributed by atoms with van der Waals surface area (Å²) in [5.41, 5.74) is 0.344. The third kappa shape index (κ3) is 2.35. The van der Waals surface area contributed by atoms with Crippen LogP contribution < -0.4 is 5.32 Å². The lowest BCUT2D eigenvalue weighted by Crippen LogP contribution is -2.23. The van der Waals surface area contributed by atoms with Crippen LogP contribution in [0.25, 0.3) is 0 Å². The molecule has 2 aliphatic rings. The quantitative estimate of drug-likeness (QED) is 0.730. The summed E-state index contributed by atoms with van der Waals surface area (Å²) >= 11 is 1.24. The first-order valence-electron chi connectivity index (χ1n) is 6.02. The molecule has 0 saturated heterocycles. The van der Waals surface area contributed by atoms with Gasteiger partial charge in [0.05, 0.1) is 11.1 Å². The molecule has 0 unspecified atom stereocenters. The first kappa shape index (κ1) is 13.3. The standard InChI is InChI=1S/C14H10F3NOS/c15-14(16,17)8-5-6-9-12(7-8)20-11-4-2-1-3-10(11)18-13(9)19/h1-2,5-7H,3-4H2,(H,18,19). The number of carbonyl (C=O) groups excluding carboxylic acids is 1. The van der Waals surface area contributed by atoms with Crippen molar-refractivity contribution in [2.75, 3.05) is 0 Å². The highest BCUT2D eigenvalue weighted by Crippen LogP contribution is 2.41. The minimum absolute atomic E-state index is 0.289. The van der Waals surface area contributed by atoms with Gasteiger partial charge in [-0.2, -0.15) is 13.2 Å². The molecule has 1 amide bonds. The van der Waals surface area contributed by atoms with E-state index in [0.29, 0.717) is 17.7 Å². The van der Waals surface area contributed by atoms with Crippen LogP contribution in [0.5, 0.6) is 0 Å². The molecule has 0 saturated carbocycles. The molecule has 1 heterocycles. The molecule has 0 radical (unpaired) electrons. The topological polar surface area (TPSA) is 29.1 Å². The number of rotatable bonds is 0. The van der Waals surface area contributed by atoms with Gasteiger partial charge in [0.15, 0.2) is 0 Å². The van der Waals surface area contributed by atoms with Gasteiger partial charge >= 0.3 is 6.18 Å². The number of benzene rings is 1. The molecule has 0 fully saturated rings. The maximum Gasteiger partial charge on any atom is 0.416 e. The lowest BCUT2D eigenvalue weighted by molar-refractivity contribution is -0.137. The average molecular weight is 297 g/mol. The van der Waals surface area contributed by atoms with Crippen LogP contribution in [-0.2, 0) is 6.18 Å². The van der Waals surface area contributed by atoms with Crippen LogP contribution in [0.2, 0.25) is 0 Å². The summed E-state index contributed by atoms with van der Waals surface area (Å²) < 4.78 is 38.3. The maximum atomic E-state index is 12.8. The average Bonchev–Trinajstić information content (AvgIpc) is 2.53. The Morgan fingerprint density at radius 2 is 1.90 bits per heavy atom. The van der Waals surface area contributed by atoms with E-state index in [0.717, 1.165) is 22.7 Å².